The molecule has 0 N–H and O–H groups in total. The quantitative estimate of drug-likeness (QED) is 0.704. The molecule has 1 aromatic carbocycles. The van der Waals surface area contributed by atoms with Crippen LogP contribution in [0.4, 0.5) is 4.39 Å². The lowest BCUT2D eigenvalue weighted by atomic mass is 10.3. The van der Waals surface area contributed by atoms with Gasteiger partial charge in [0.25, 0.3) is 10.0 Å². The number of pyridine rings is 1. The Kier molecular flexibility index (Phi) is 2.53. The van der Waals surface area contributed by atoms with Crippen LogP contribution in [0.1, 0.15) is 0 Å². The van der Waals surface area contributed by atoms with Crippen LogP contribution in [0.3, 0.4) is 0 Å². The molecule has 8 heteroatoms. The van der Waals surface area contributed by atoms with E-state index >= 15 is 0 Å². The van der Waals surface area contributed by atoms with E-state index in [1.165, 1.54) is 30.6 Å². The van der Waals surface area contributed by atoms with E-state index < -0.39 is 15.8 Å². The van der Waals surface area contributed by atoms with Crippen LogP contribution in [0.2, 0.25) is 0 Å². The second kappa shape index (κ2) is 4.09. The molecular weight excluding hydrogens is 271 g/mol. The molecule has 0 bridgehead atoms. The third kappa shape index (κ3) is 1.85. The van der Waals surface area contributed by atoms with Crippen molar-refractivity contribution in [2.45, 2.75) is 4.90 Å². The van der Waals surface area contributed by atoms with Gasteiger partial charge >= 0.3 is 0 Å². The maximum Gasteiger partial charge on any atom is 0.286 e. The first-order valence-corrected chi connectivity index (χ1v) is 6.69. The van der Waals surface area contributed by atoms with Crippen LogP contribution >= 0.6 is 0 Å². The van der Waals surface area contributed by atoms with Gasteiger partial charge in [0.1, 0.15) is 21.7 Å². The monoisotopic (exact) mass is 278 g/mol. The summed E-state index contributed by atoms with van der Waals surface area (Å²) in [6.07, 6.45) is 2.68. The average Bonchev–Trinajstić information content (AvgIpc) is 2.83. The number of aromatic nitrogens is 4. The highest BCUT2D eigenvalue weighted by Crippen LogP contribution is 2.18. The van der Waals surface area contributed by atoms with E-state index in [4.69, 9.17) is 0 Å². The number of hydrogen-bond acceptors (Lipinski definition) is 5. The van der Waals surface area contributed by atoms with E-state index in [0.717, 1.165) is 16.2 Å². The summed E-state index contributed by atoms with van der Waals surface area (Å²) in [5.41, 5.74) is 0.387. The largest absolute Gasteiger partial charge is 0.286 e. The first-order chi connectivity index (χ1) is 9.09. The molecule has 2 aromatic heterocycles. The number of fused-ring (bicyclic) bond motifs is 1. The van der Waals surface area contributed by atoms with Gasteiger partial charge in [-0.1, -0.05) is 5.21 Å². The van der Waals surface area contributed by atoms with Crippen molar-refractivity contribution < 1.29 is 12.8 Å². The molecule has 3 rings (SSSR count). The molecule has 0 atom stereocenters. The number of benzene rings is 1. The Labute approximate surface area is 107 Å². The van der Waals surface area contributed by atoms with E-state index in [2.05, 4.69) is 15.3 Å². The zero-order chi connectivity index (χ0) is 13.5. The van der Waals surface area contributed by atoms with Crippen LogP contribution in [0.15, 0.2) is 47.6 Å². The molecule has 96 valence electrons. The third-order valence-corrected chi connectivity index (χ3v) is 4.10. The zero-order valence-corrected chi connectivity index (χ0v) is 10.2. The van der Waals surface area contributed by atoms with Crippen LogP contribution in [-0.4, -0.2) is 27.8 Å². The zero-order valence-electron chi connectivity index (χ0n) is 9.43. The van der Waals surface area contributed by atoms with Gasteiger partial charge in [-0.15, -0.1) is 9.19 Å². The molecule has 0 aliphatic carbocycles. The standard InChI is InChI=1S/C11H7FN4O2S/c12-8-3-4-11-10(6-8)14-15-16(11)19(17,18)9-2-1-5-13-7-9/h1-7H. The van der Waals surface area contributed by atoms with E-state index in [1.807, 2.05) is 0 Å². The van der Waals surface area contributed by atoms with Crippen molar-refractivity contribution in [3.8, 4) is 0 Å². The summed E-state index contributed by atoms with van der Waals surface area (Å²) in [6, 6.07) is 6.50. The first-order valence-electron chi connectivity index (χ1n) is 5.25. The average molecular weight is 278 g/mol. The van der Waals surface area contributed by atoms with Crippen molar-refractivity contribution in [2.24, 2.45) is 0 Å². The van der Waals surface area contributed by atoms with Gasteiger partial charge in [0.15, 0.2) is 0 Å². The van der Waals surface area contributed by atoms with Gasteiger partial charge in [0, 0.05) is 18.5 Å². The number of rotatable bonds is 2. The van der Waals surface area contributed by atoms with Crippen LogP contribution < -0.4 is 0 Å². The minimum atomic E-state index is -3.88. The lowest BCUT2D eigenvalue weighted by Gasteiger charge is -2.03. The third-order valence-electron chi connectivity index (χ3n) is 2.54. The van der Waals surface area contributed by atoms with Crippen LogP contribution in [0.5, 0.6) is 0 Å². The Hall–Kier alpha value is -2.35. The van der Waals surface area contributed by atoms with Crippen molar-refractivity contribution in [3.05, 3.63) is 48.5 Å². The Morgan fingerprint density at radius 1 is 1.21 bits per heavy atom. The van der Waals surface area contributed by atoms with Gasteiger partial charge < -0.3 is 0 Å². The predicted molar refractivity (Wildman–Crippen MR) is 64.3 cm³/mol. The highest BCUT2D eigenvalue weighted by Gasteiger charge is 2.21. The van der Waals surface area contributed by atoms with Gasteiger partial charge in [-0.2, -0.15) is 8.42 Å². The minimum Gasteiger partial charge on any atom is -0.263 e. The highest BCUT2D eigenvalue weighted by atomic mass is 32.2. The van der Waals surface area contributed by atoms with Crippen molar-refractivity contribution >= 4 is 21.1 Å². The predicted octanol–water partition coefficient (Wildman–Crippen LogP) is 1.20. The summed E-state index contributed by atoms with van der Waals surface area (Å²) in [6.45, 7) is 0. The molecule has 0 aliphatic rings. The highest BCUT2D eigenvalue weighted by molar-refractivity contribution is 7.90. The summed E-state index contributed by atoms with van der Waals surface area (Å²) in [5.74, 6) is -0.502. The molecule has 6 nitrogen and oxygen atoms in total. The molecule has 0 amide bonds. The summed E-state index contributed by atoms with van der Waals surface area (Å²) < 4.78 is 38.4. The van der Waals surface area contributed by atoms with E-state index in [0.29, 0.717) is 0 Å². The van der Waals surface area contributed by atoms with Crippen LogP contribution in [0.25, 0.3) is 11.0 Å². The fourth-order valence-corrected chi connectivity index (χ4v) is 2.84. The van der Waals surface area contributed by atoms with Gasteiger partial charge in [-0.25, -0.2) is 4.39 Å². The molecule has 19 heavy (non-hydrogen) atoms. The van der Waals surface area contributed by atoms with Crippen molar-refractivity contribution in [2.75, 3.05) is 0 Å². The van der Waals surface area contributed by atoms with Gasteiger partial charge in [0.2, 0.25) is 0 Å². The first kappa shape index (κ1) is 11.7. The maximum absolute atomic E-state index is 13.0. The minimum absolute atomic E-state index is 0.00822. The van der Waals surface area contributed by atoms with Crippen molar-refractivity contribution in [1.82, 2.24) is 19.4 Å². The van der Waals surface area contributed by atoms with Crippen LogP contribution in [-0.2, 0) is 10.0 Å². The number of hydrogen-bond donors (Lipinski definition) is 0. The SMILES string of the molecule is O=S(=O)(c1cccnc1)n1nnc2cc(F)ccc21. The molecule has 0 radical (unpaired) electrons. The summed E-state index contributed by atoms with van der Waals surface area (Å²) in [7, 11) is -3.88. The summed E-state index contributed by atoms with van der Waals surface area (Å²) in [5, 5.41) is 7.21. The topological polar surface area (TPSA) is 77.7 Å². The van der Waals surface area contributed by atoms with Gasteiger partial charge in [0.05, 0.1) is 0 Å². The molecule has 0 spiro atoms. The summed E-state index contributed by atoms with van der Waals surface area (Å²) >= 11 is 0. The number of nitrogens with zero attached hydrogens (tertiary/aromatic N) is 4. The normalized spacial score (nSPS) is 11.8. The molecule has 0 fully saturated rings. The molecule has 2 heterocycles. The lowest BCUT2D eigenvalue weighted by Crippen LogP contribution is -2.14. The Bertz CT molecular complexity index is 846. The van der Waals surface area contributed by atoms with Crippen molar-refractivity contribution in [3.63, 3.8) is 0 Å². The van der Waals surface area contributed by atoms with Gasteiger partial charge in [-0.05, 0) is 24.3 Å². The molecule has 0 aliphatic heterocycles. The second-order valence-electron chi connectivity index (χ2n) is 3.76. The molecule has 0 saturated carbocycles. The van der Waals surface area contributed by atoms with Crippen LogP contribution in [0, 0.1) is 5.82 Å². The van der Waals surface area contributed by atoms with E-state index in [9.17, 15) is 12.8 Å². The van der Waals surface area contributed by atoms with Crippen molar-refractivity contribution in [1.29, 1.82) is 0 Å². The molecule has 0 unspecified atom stereocenters. The van der Waals surface area contributed by atoms with Gasteiger partial charge in [-0.3, -0.25) is 4.98 Å². The summed E-state index contributed by atoms with van der Waals surface area (Å²) in [4.78, 5) is 3.75. The second-order valence-corrected chi connectivity index (χ2v) is 5.53. The molecular formula is C11H7FN4O2S. The smallest absolute Gasteiger partial charge is 0.263 e. The maximum atomic E-state index is 13.0. The van der Waals surface area contributed by atoms with E-state index in [-0.39, 0.29) is 15.9 Å². The lowest BCUT2D eigenvalue weighted by molar-refractivity contribution is 0.579. The number of halogens is 1. The Morgan fingerprint density at radius 2 is 2.05 bits per heavy atom. The van der Waals surface area contributed by atoms with E-state index in [1.54, 1.807) is 0 Å². The molecule has 3 aromatic rings. The Morgan fingerprint density at radius 3 is 2.79 bits per heavy atom. The fourth-order valence-electron chi connectivity index (χ4n) is 1.65. The fraction of sp³-hybridized carbons (Fsp3) is 0. The Balaban J connectivity index is 2.25. The molecule has 0 saturated heterocycles.